The summed E-state index contributed by atoms with van der Waals surface area (Å²) >= 11 is 1.71. The highest BCUT2D eigenvalue weighted by Gasteiger charge is 2.24. The van der Waals surface area contributed by atoms with Gasteiger partial charge in [0.15, 0.2) is 5.13 Å². The number of anilines is 1. The average Bonchev–Trinajstić information content (AvgIpc) is 3.23. The van der Waals surface area contributed by atoms with Crippen LogP contribution in [0.1, 0.15) is 43.0 Å². The Bertz CT molecular complexity index is 699. The number of fused-ring (bicyclic) bond motifs is 1. The molecule has 1 aromatic heterocycles. The second-order valence-electron chi connectivity index (χ2n) is 6.60. The van der Waals surface area contributed by atoms with Gasteiger partial charge in [0.25, 0.3) is 5.91 Å². The Balaban J connectivity index is 1.56. The van der Waals surface area contributed by atoms with E-state index >= 15 is 0 Å². The summed E-state index contributed by atoms with van der Waals surface area (Å²) in [5.41, 5.74) is 1.75. The summed E-state index contributed by atoms with van der Waals surface area (Å²) in [5.74, 6) is 0.870. The van der Waals surface area contributed by atoms with Crippen LogP contribution in [0.15, 0.2) is 18.2 Å². The number of hydrogen-bond acceptors (Lipinski definition) is 4. The molecule has 1 saturated carbocycles. The first-order valence-corrected chi connectivity index (χ1v) is 8.97. The van der Waals surface area contributed by atoms with Gasteiger partial charge in [-0.05, 0) is 49.8 Å². The Hall–Kier alpha value is -1.62. The van der Waals surface area contributed by atoms with E-state index in [4.69, 9.17) is 4.98 Å². The average molecular weight is 315 g/mol. The van der Waals surface area contributed by atoms with Crippen molar-refractivity contribution in [3.8, 4) is 0 Å². The minimum atomic E-state index is 0.0474. The van der Waals surface area contributed by atoms with Gasteiger partial charge >= 0.3 is 0 Å². The lowest BCUT2D eigenvalue weighted by atomic mass is 10.00. The molecule has 1 N–H and O–H groups in total. The van der Waals surface area contributed by atoms with Crippen LogP contribution in [0.5, 0.6) is 0 Å². The van der Waals surface area contributed by atoms with E-state index in [1.165, 1.54) is 12.8 Å². The monoisotopic (exact) mass is 315 g/mol. The summed E-state index contributed by atoms with van der Waals surface area (Å²) in [4.78, 5) is 19.3. The molecule has 0 radical (unpaired) electrons. The quantitative estimate of drug-likeness (QED) is 0.944. The van der Waals surface area contributed by atoms with Gasteiger partial charge in [0.2, 0.25) is 0 Å². The fourth-order valence-electron chi connectivity index (χ4n) is 2.89. The molecule has 4 rings (SSSR count). The first kappa shape index (κ1) is 14.0. The van der Waals surface area contributed by atoms with Crippen LogP contribution < -0.4 is 10.2 Å². The van der Waals surface area contributed by atoms with Crippen LogP contribution in [0.25, 0.3) is 10.2 Å². The molecule has 1 aliphatic carbocycles. The molecule has 116 valence electrons. The molecule has 2 heterocycles. The summed E-state index contributed by atoms with van der Waals surface area (Å²) in [6.45, 7) is 4.51. The van der Waals surface area contributed by atoms with E-state index in [2.05, 4.69) is 17.1 Å². The summed E-state index contributed by atoms with van der Waals surface area (Å²) < 4.78 is 1.11. The minimum Gasteiger partial charge on any atom is -0.349 e. The van der Waals surface area contributed by atoms with Crippen LogP contribution in [0.2, 0.25) is 0 Å². The minimum absolute atomic E-state index is 0.0474. The van der Waals surface area contributed by atoms with Crippen molar-refractivity contribution in [3.05, 3.63) is 23.8 Å². The van der Waals surface area contributed by atoms with E-state index in [1.807, 2.05) is 18.2 Å². The van der Waals surface area contributed by atoms with Crippen LogP contribution in [0.3, 0.4) is 0 Å². The number of nitrogens with zero attached hydrogens (tertiary/aromatic N) is 2. The van der Waals surface area contributed by atoms with Gasteiger partial charge in [0.05, 0.1) is 10.2 Å². The number of aromatic nitrogens is 1. The lowest BCUT2D eigenvalue weighted by Gasteiger charge is -2.29. The van der Waals surface area contributed by atoms with Crippen LogP contribution in [0.4, 0.5) is 5.13 Å². The van der Waals surface area contributed by atoms with Crippen molar-refractivity contribution in [2.24, 2.45) is 5.92 Å². The van der Waals surface area contributed by atoms with Crippen molar-refractivity contribution >= 4 is 32.6 Å². The zero-order valence-electron chi connectivity index (χ0n) is 12.8. The fraction of sp³-hybridized carbons (Fsp3) is 0.529. The number of nitrogens with one attached hydrogen (secondary N) is 1. The van der Waals surface area contributed by atoms with Gasteiger partial charge in [-0.25, -0.2) is 4.98 Å². The van der Waals surface area contributed by atoms with Gasteiger partial charge < -0.3 is 10.2 Å². The maximum Gasteiger partial charge on any atom is 0.251 e. The van der Waals surface area contributed by atoms with E-state index in [0.717, 1.165) is 52.8 Å². The zero-order valence-corrected chi connectivity index (χ0v) is 13.7. The van der Waals surface area contributed by atoms with Crippen LogP contribution in [-0.4, -0.2) is 30.0 Å². The second kappa shape index (κ2) is 5.54. The Kier molecular flexibility index (Phi) is 3.53. The molecule has 1 aromatic carbocycles. The molecular weight excluding hydrogens is 294 g/mol. The molecule has 1 saturated heterocycles. The predicted molar refractivity (Wildman–Crippen MR) is 90.7 cm³/mol. The summed E-state index contributed by atoms with van der Waals surface area (Å²) in [6, 6.07) is 6.25. The molecule has 1 aliphatic heterocycles. The second-order valence-corrected chi connectivity index (χ2v) is 7.61. The Morgan fingerprint density at radius 1 is 1.27 bits per heavy atom. The number of hydrogen-bond donors (Lipinski definition) is 1. The van der Waals surface area contributed by atoms with Gasteiger partial charge in [0.1, 0.15) is 0 Å². The van der Waals surface area contributed by atoms with E-state index < -0.39 is 0 Å². The Morgan fingerprint density at radius 3 is 2.77 bits per heavy atom. The van der Waals surface area contributed by atoms with Gasteiger partial charge in [-0.15, -0.1) is 0 Å². The molecule has 5 heteroatoms. The van der Waals surface area contributed by atoms with Crippen molar-refractivity contribution in [2.75, 3.05) is 18.0 Å². The number of rotatable bonds is 3. The lowest BCUT2D eigenvalue weighted by molar-refractivity contribution is 0.0951. The molecule has 0 atom stereocenters. The van der Waals surface area contributed by atoms with E-state index in [1.54, 1.807) is 11.3 Å². The normalized spacial score (nSPS) is 19.6. The van der Waals surface area contributed by atoms with Crippen molar-refractivity contribution in [1.82, 2.24) is 10.3 Å². The summed E-state index contributed by atoms with van der Waals surface area (Å²) in [6.07, 6.45) is 4.72. The molecule has 2 fully saturated rings. The number of carbonyl (C=O) groups excluding carboxylic acids is 1. The molecule has 22 heavy (non-hydrogen) atoms. The fourth-order valence-corrected chi connectivity index (χ4v) is 3.94. The van der Waals surface area contributed by atoms with Gasteiger partial charge in [0, 0.05) is 24.7 Å². The van der Waals surface area contributed by atoms with Crippen molar-refractivity contribution in [1.29, 1.82) is 0 Å². The molecule has 1 amide bonds. The maximum absolute atomic E-state index is 12.1. The van der Waals surface area contributed by atoms with Gasteiger partial charge in [-0.2, -0.15) is 0 Å². The van der Waals surface area contributed by atoms with Crippen LogP contribution >= 0.6 is 11.3 Å². The third-order valence-corrected chi connectivity index (χ3v) is 5.69. The third-order valence-electron chi connectivity index (χ3n) is 4.61. The third kappa shape index (κ3) is 2.82. The standard InChI is InChI=1S/C17H21N3OS/c1-11-6-8-20(9-7-11)17-19-14-5-2-12(10-15(14)22-17)16(21)18-13-3-4-13/h2,5,10-11,13H,3-4,6-9H2,1H3,(H,18,21). The Morgan fingerprint density at radius 2 is 2.05 bits per heavy atom. The first-order chi connectivity index (χ1) is 10.7. The van der Waals surface area contributed by atoms with E-state index in [0.29, 0.717) is 6.04 Å². The largest absolute Gasteiger partial charge is 0.349 e. The highest BCUT2D eigenvalue weighted by atomic mass is 32.1. The van der Waals surface area contributed by atoms with Crippen molar-refractivity contribution in [2.45, 2.75) is 38.6 Å². The summed E-state index contributed by atoms with van der Waals surface area (Å²) in [7, 11) is 0. The molecule has 2 aliphatic rings. The highest BCUT2D eigenvalue weighted by Crippen LogP contribution is 2.32. The van der Waals surface area contributed by atoms with Crippen molar-refractivity contribution < 1.29 is 4.79 Å². The molecule has 2 aromatic rings. The van der Waals surface area contributed by atoms with E-state index in [-0.39, 0.29) is 5.91 Å². The molecular formula is C17H21N3OS. The van der Waals surface area contributed by atoms with Crippen LogP contribution in [0, 0.1) is 5.92 Å². The van der Waals surface area contributed by atoms with Crippen molar-refractivity contribution in [3.63, 3.8) is 0 Å². The lowest BCUT2D eigenvalue weighted by Crippen LogP contribution is -2.32. The molecule has 0 unspecified atom stereocenters. The van der Waals surface area contributed by atoms with Gasteiger partial charge in [-0.1, -0.05) is 18.3 Å². The Labute approximate surface area is 134 Å². The first-order valence-electron chi connectivity index (χ1n) is 8.15. The molecule has 4 nitrogen and oxygen atoms in total. The molecule has 0 bridgehead atoms. The number of benzene rings is 1. The van der Waals surface area contributed by atoms with Gasteiger partial charge in [-0.3, -0.25) is 4.79 Å². The number of thiazole rings is 1. The van der Waals surface area contributed by atoms with Crippen LogP contribution in [-0.2, 0) is 0 Å². The topological polar surface area (TPSA) is 45.2 Å². The number of amides is 1. The molecule has 0 spiro atoms. The SMILES string of the molecule is CC1CCN(c2nc3ccc(C(=O)NC4CC4)cc3s2)CC1. The summed E-state index contributed by atoms with van der Waals surface area (Å²) in [5, 5.41) is 4.14. The highest BCUT2D eigenvalue weighted by molar-refractivity contribution is 7.22. The maximum atomic E-state index is 12.1. The number of carbonyl (C=O) groups is 1. The number of piperidine rings is 1. The van der Waals surface area contributed by atoms with E-state index in [9.17, 15) is 4.79 Å². The predicted octanol–water partition coefficient (Wildman–Crippen LogP) is 3.42. The smallest absolute Gasteiger partial charge is 0.251 e. The zero-order chi connectivity index (χ0) is 15.1.